The molecule has 0 saturated heterocycles. The molecule has 0 unspecified atom stereocenters. The van der Waals surface area contributed by atoms with Gasteiger partial charge in [-0.3, -0.25) is 4.79 Å². The van der Waals surface area contributed by atoms with Crippen molar-refractivity contribution in [1.82, 2.24) is 0 Å². The Labute approximate surface area is 169 Å². The van der Waals surface area contributed by atoms with Gasteiger partial charge < -0.3 is 24.8 Å². The Kier molecular flexibility index (Phi) is 8.21. The maximum atomic E-state index is 12.0. The van der Waals surface area contributed by atoms with Crippen LogP contribution in [-0.4, -0.2) is 35.3 Å². The molecule has 0 aliphatic heterocycles. The number of benzene rings is 2. The molecule has 0 aliphatic carbocycles. The van der Waals surface area contributed by atoms with E-state index in [1.807, 2.05) is 0 Å². The SMILES string of the molecule is COc1ccc(/C=C/C(O)=C/C(=O)/C=C/c2ccc(CO)c(CO)c2)cc1OC. The van der Waals surface area contributed by atoms with Crippen LogP contribution in [0.3, 0.4) is 0 Å². The highest BCUT2D eigenvalue weighted by atomic mass is 16.5. The molecular formula is C23H24O6. The third-order valence-corrected chi connectivity index (χ3v) is 4.16. The summed E-state index contributed by atoms with van der Waals surface area (Å²) >= 11 is 0. The Morgan fingerprint density at radius 2 is 1.48 bits per heavy atom. The zero-order valence-corrected chi connectivity index (χ0v) is 16.3. The van der Waals surface area contributed by atoms with Gasteiger partial charge in [-0.2, -0.15) is 0 Å². The van der Waals surface area contributed by atoms with Crippen LogP contribution >= 0.6 is 0 Å². The van der Waals surface area contributed by atoms with E-state index in [1.165, 1.54) is 19.3 Å². The number of aliphatic hydroxyl groups excluding tert-OH is 3. The van der Waals surface area contributed by atoms with E-state index in [4.69, 9.17) is 9.47 Å². The van der Waals surface area contributed by atoms with E-state index < -0.39 is 5.78 Å². The minimum absolute atomic E-state index is 0.165. The molecule has 0 spiro atoms. The fourth-order valence-corrected chi connectivity index (χ4v) is 2.61. The third kappa shape index (κ3) is 6.34. The summed E-state index contributed by atoms with van der Waals surface area (Å²) in [7, 11) is 3.08. The maximum absolute atomic E-state index is 12.0. The predicted molar refractivity (Wildman–Crippen MR) is 112 cm³/mol. The van der Waals surface area contributed by atoms with E-state index in [0.717, 1.165) is 11.6 Å². The lowest BCUT2D eigenvalue weighted by atomic mass is 10.0. The van der Waals surface area contributed by atoms with Crippen LogP contribution in [-0.2, 0) is 18.0 Å². The first-order valence-corrected chi connectivity index (χ1v) is 8.87. The van der Waals surface area contributed by atoms with Crippen molar-refractivity contribution in [2.24, 2.45) is 0 Å². The fraction of sp³-hybridized carbons (Fsp3) is 0.174. The molecule has 0 heterocycles. The average Bonchev–Trinajstić information content (AvgIpc) is 2.75. The van der Waals surface area contributed by atoms with Crippen molar-refractivity contribution < 1.29 is 29.6 Å². The summed E-state index contributed by atoms with van der Waals surface area (Å²) in [6.07, 6.45) is 7.04. The van der Waals surface area contributed by atoms with Crippen molar-refractivity contribution in [1.29, 1.82) is 0 Å². The number of ether oxygens (including phenoxy) is 2. The molecule has 0 atom stereocenters. The zero-order chi connectivity index (χ0) is 21.2. The van der Waals surface area contributed by atoms with Gasteiger partial charge in [0.1, 0.15) is 5.76 Å². The molecule has 0 aromatic heterocycles. The Hall–Kier alpha value is -3.35. The van der Waals surface area contributed by atoms with E-state index in [1.54, 1.807) is 55.7 Å². The molecule has 2 aromatic rings. The van der Waals surface area contributed by atoms with Crippen LogP contribution in [0.4, 0.5) is 0 Å². The van der Waals surface area contributed by atoms with Crippen molar-refractivity contribution in [3.63, 3.8) is 0 Å². The lowest BCUT2D eigenvalue weighted by Gasteiger charge is -2.07. The van der Waals surface area contributed by atoms with Crippen molar-refractivity contribution in [3.05, 3.63) is 82.6 Å². The number of aliphatic hydroxyl groups is 3. The van der Waals surface area contributed by atoms with E-state index in [0.29, 0.717) is 28.2 Å². The average molecular weight is 396 g/mol. The minimum Gasteiger partial charge on any atom is -0.508 e. The van der Waals surface area contributed by atoms with Crippen molar-refractivity contribution in [3.8, 4) is 11.5 Å². The van der Waals surface area contributed by atoms with E-state index in [2.05, 4.69) is 0 Å². The van der Waals surface area contributed by atoms with E-state index >= 15 is 0 Å². The van der Waals surface area contributed by atoms with Gasteiger partial charge in [0.15, 0.2) is 17.3 Å². The van der Waals surface area contributed by atoms with Gasteiger partial charge in [0.25, 0.3) is 0 Å². The van der Waals surface area contributed by atoms with Crippen LogP contribution in [0.25, 0.3) is 12.2 Å². The number of allylic oxidation sites excluding steroid dienone is 3. The van der Waals surface area contributed by atoms with Gasteiger partial charge in [0, 0.05) is 6.08 Å². The third-order valence-electron chi connectivity index (χ3n) is 4.16. The first-order valence-electron chi connectivity index (χ1n) is 8.87. The van der Waals surface area contributed by atoms with Gasteiger partial charge in [0.2, 0.25) is 0 Å². The molecule has 3 N–H and O–H groups in total. The Morgan fingerprint density at radius 3 is 2.14 bits per heavy atom. The molecular weight excluding hydrogens is 372 g/mol. The number of carbonyl (C=O) groups excluding carboxylic acids is 1. The number of rotatable bonds is 9. The second-order valence-corrected chi connectivity index (χ2v) is 6.10. The van der Waals surface area contributed by atoms with Crippen LogP contribution in [0.5, 0.6) is 11.5 Å². The number of hydrogen-bond donors (Lipinski definition) is 3. The van der Waals surface area contributed by atoms with Gasteiger partial charge >= 0.3 is 0 Å². The van der Waals surface area contributed by atoms with Crippen LogP contribution in [0.2, 0.25) is 0 Å². The summed E-state index contributed by atoms with van der Waals surface area (Å²) < 4.78 is 10.4. The van der Waals surface area contributed by atoms with Gasteiger partial charge in [-0.1, -0.05) is 30.4 Å². The molecule has 0 radical (unpaired) electrons. The first-order chi connectivity index (χ1) is 14.0. The molecule has 0 aliphatic rings. The maximum Gasteiger partial charge on any atom is 0.182 e. The lowest BCUT2D eigenvalue weighted by molar-refractivity contribution is -0.110. The summed E-state index contributed by atoms with van der Waals surface area (Å²) in [6, 6.07) is 10.4. The summed E-state index contributed by atoms with van der Waals surface area (Å²) in [4.78, 5) is 12.0. The quantitative estimate of drug-likeness (QED) is 0.341. The van der Waals surface area contributed by atoms with Gasteiger partial charge in [0.05, 0.1) is 27.4 Å². The molecule has 0 amide bonds. The summed E-state index contributed by atoms with van der Waals surface area (Å²) in [5, 5.41) is 28.5. The van der Waals surface area contributed by atoms with Crippen molar-refractivity contribution in [2.75, 3.05) is 14.2 Å². The van der Waals surface area contributed by atoms with Crippen molar-refractivity contribution >= 4 is 17.9 Å². The topological polar surface area (TPSA) is 96.2 Å². The molecule has 6 heteroatoms. The molecule has 0 bridgehead atoms. The normalized spacial score (nSPS) is 11.9. The monoisotopic (exact) mass is 396 g/mol. The van der Waals surface area contributed by atoms with E-state index in [9.17, 15) is 20.1 Å². The standard InChI is InChI=1S/C23H24O6/c1-28-22-10-6-17(12-23(22)29-2)5-9-21(27)13-20(26)8-4-16-3-7-18(14-24)19(11-16)15-25/h3-13,24-25,27H,14-15H2,1-2H3/b8-4+,9-5+,21-13-. The molecule has 2 rings (SSSR count). The first kappa shape index (κ1) is 21.9. The molecule has 0 saturated carbocycles. The lowest BCUT2D eigenvalue weighted by Crippen LogP contribution is -1.94. The van der Waals surface area contributed by atoms with Crippen LogP contribution in [0.1, 0.15) is 22.3 Å². The molecule has 2 aromatic carbocycles. The van der Waals surface area contributed by atoms with Crippen LogP contribution in [0, 0.1) is 0 Å². The Balaban J connectivity index is 2.06. The zero-order valence-electron chi connectivity index (χ0n) is 16.3. The minimum atomic E-state index is -0.392. The fourth-order valence-electron chi connectivity index (χ4n) is 2.61. The second kappa shape index (κ2) is 10.8. The smallest absolute Gasteiger partial charge is 0.182 e. The highest BCUT2D eigenvalue weighted by Gasteiger charge is 2.03. The second-order valence-electron chi connectivity index (χ2n) is 6.10. The summed E-state index contributed by atoms with van der Waals surface area (Å²) in [5.74, 6) is 0.574. The Morgan fingerprint density at radius 1 is 0.862 bits per heavy atom. The van der Waals surface area contributed by atoms with E-state index in [-0.39, 0.29) is 19.0 Å². The Bertz CT molecular complexity index is 940. The predicted octanol–water partition coefficient (Wildman–Crippen LogP) is 3.43. The van der Waals surface area contributed by atoms with Gasteiger partial charge in [-0.25, -0.2) is 0 Å². The highest BCUT2D eigenvalue weighted by Crippen LogP contribution is 2.28. The summed E-state index contributed by atoms with van der Waals surface area (Å²) in [6.45, 7) is -0.366. The molecule has 152 valence electrons. The number of ketones is 1. The molecule has 6 nitrogen and oxygen atoms in total. The van der Waals surface area contributed by atoms with Gasteiger partial charge in [-0.05, 0) is 52.6 Å². The number of hydrogen-bond acceptors (Lipinski definition) is 6. The molecule has 29 heavy (non-hydrogen) atoms. The summed E-state index contributed by atoms with van der Waals surface area (Å²) in [5.41, 5.74) is 2.70. The van der Waals surface area contributed by atoms with Gasteiger partial charge in [-0.15, -0.1) is 0 Å². The van der Waals surface area contributed by atoms with Crippen LogP contribution < -0.4 is 9.47 Å². The largest absolute Gasteiger partial charge is 0.508 e. The number of methoxy groups -OCH3 is 2. The van der Waals surface area contributed by atoms with Crippen molar-refractivity contribution in [2.45, 2.75) is 13.2 Å². The molecule has 0 fully saturated rings. The number of carbonyl (C=O) groups is 1. The highest BCUT2D eigenvalue weighted by molar-refractivity contribution is 6.02. The van der Waals surface area contributed by atoms with Crippen LogP contribution in [0.15, 0.2) is 60.4 Å².